The quantitative estimate of drug-likeness (QED) is 0.676. The van der Waals surface area contributed by atoms with Gasteiger partial charge >= 0.3 is 0 Å². The van der Waals surface area contributed by atoms with E-state index in [2.05, 4.69) is 0 Å². The number of likely N-dealkylation sites (tertiary alicyclic amines) is 1. The Hall–Kier alpha value is -1.66. The van der Waals surface area contributed by atoms with Crippen molar-refractivity contribution in [1.82, 2.24) is 4.90 Å². The van der Waals surface area contributed by atoms with Gasteiger partial charge in [-0.2, -0.15) is 0 Å². The van der Waals surface area contributed by atoms with Gasteiger partial charge in [-0.05, 0) is 12.0 Å². The van der Waals surface area contributed by atoms with Crippen LogP contribution in [0.1, 0.15) is 12.0 Å². The summed E-state index contributed by atoms with van der Waals surface area (Å²) in [5.41, 5.74) is 0.488. The Bertz CT molecular complexity index is 535. The first kappa shape index (κ1) is 14.7. The summed E-state index contributed by atoms with van der Waals surface area (Å²) in [6.45, 7) is 1.27. The van der Waals surface area contributed by atoms with Gasteiger partial charge in [0.25, 0.3) is 5.69 Å². The highest BCUT2D eigenvalue weighted by Crippen LogP contribution is 2.24. The standard InChI is InChI=1S/C13H15ClN2O4/c14-12-6-11(16(19)20)2-1-10(12)5-13(18)15-4-3-9(7-15)8-17/h1-2,6,9,17H,3-5,7-8H2. The highest BCUT2D eigenvalue weighted by Gasteiger charge is 2.26. The molecule has 1 aliphatic heterocycles. The van der Waals surface area contributed by atoms with E-state index in [1.165, 1.54) is 18.2 Å². The molecule has 1 saturated heterocycles. The molecule has 7 heteroatoms. The zero-order chi connectivity index (χ0) is 14.7. The number of carbonyl (C=O) groups excluding carboxylic acids is 1. The van der Waals surface area contributed by atoms with Crippen LogP contribution >= 0.6 is 11.6 Å². The van der Waals surface area contributed by atoms with Crippen LogP contribution in [0.15, 0.2) is 18.2 Å². The number of aliphatic hydroxyl groups is 1. The van der Waals surface area contributed by atoms with E-state index in [9.17, 15) is 14.9 Å². The molecule has 0 aliphatic carbocycles. The van der Waals surface area contributed by atoms with Crippen LogP contribution in [0.4, 0.5) is 5.69 Å². The van der Waals surface area contributed by atoms with Gasteiger partial charge in [-0.15, -0.1) is 0 Å². The third-order valence-electron chi connectivity index (χ3n) is 3.49. The number of non-ortho nitro benzene ring substituents is 1. The first-order chi connectivity index (χ1) is 9.51. The van der Waals surface area contributed by atoms with Crippen molar-refractivity contribution in [3.8, 4) is 0 Å². The van der Waals surface area contributed by atoms with Crippen molar-refractivity contribution in [2.75, 3.05) is 19.7 Å². The van der Waals surface area contributed by atoms with E-state index in [4.69, 9.17) is 16.7 Å². The second kappa shape index (κ2) is 6.19. The number of hydrogen-bond donors (Lipinski definition) is 1. The number of amides is 1. The number of carbonyl (C=O) groups is 1. The van der Waals surface area contributed by atoms with Gasteiger partial charge in [-0.3, -0.25) is 14.9 Å². The lowest BCUT2D eigenvalue weighted by Gasteiger charge is -2.16. The zero-order valence-corrected chi connectivity index (χ0v) is 11.5. The molecule has 1 atom stereocenters. The van der Waals surface area contributed by atoms with Crippen molar-refractivity contribution in [2.24, 2.45) is 5.92 Å². The number of hydrogen-bond acceptors (Lipinski definition) is 4. The fourth-order valence-corrected chi connectivity index (χ4v) is 2.52. The largest absolute Gasteiger partial charge is 0.396 e. The lowest BCUT2D eigenvalue weighted by Crippen LogP contribution is -2.30. The molecule has 1 N–H and O–H groups in total. The minimum absolute atomic E-state index is 0.0725. The van der Waals surface area contributed by atoms with Crippen molar-refractivity contribution < 1.29 is 14.8 Å². The summed E-state index contributed by atoms with van der Waals surface area (Å²) in [4.78, 5) is 23.9. The molecule has 1 aromatic rings. The summed E-state index contributed by atoms with van der Waals surface area (Å²) < 4.78 is 0. The molecule has 1 amide bonds. The second-order valence-electron chi connectivity index (χ2n) is 4.89. The molecule has 0 aromatic heterocycles. The summed E-state index contributed by atoms with van der Waals surface area (Å²) in [6, 6.07) is 4.11. The molecule has 6 nitrogen and oxygen atoms in total. The van der Waals surface area contributed by atoms with Gasteiger partial charge in [0.15, 0.2) is 0 Å². The van der Waals surface area contributed by atoms with Crippen LogP contribution in [0.5, 0.6) is 0 Å². The third kappa shape index (κ3) is 3.26. The van der Waals surface area contributed by atoms with Crippen molar-refractivity contribution in [3.05, 3.63) is 38.9 Å². The van der Waals surface area contributed by atoms with E-state index in [1.54, 1.807) is 4.90 Å². The SMILES string of the molecule is O=C(Cc1ccc([N+](=O)[O-])cc1Cl)N1CCC(CO)C1. The molecule has 108 valence electrons. The van der Waals surface area contributed by atoms with Crippen LogP contribution in [0.3, 0.4) is 0 Å². The van der Waals surface area contributed by atoms with Crippen molar-refractivity contribution in [1.29, 1.82) is 0 Å². The molecule has 1 fully saturated rings. The summed E-state index contributed by atoms with van der Waals surface area (Å²) >= 11 is 5.97. The second-order valence-corrected chi connectivity index (χ2v) is 5.29. The summed E-state index contributed by atoms with van der Waals surface area (Å²) in [6.07, 6.45) is 0.922. The first-order valence-electron chi connectivity index (χ1n) is 6.32. The first-order valence-corrected chi connectivity index (χ1v) is 6.70. The molecule has 0 radical (unpaired) electrons. The topological polar surface area (TPSA) is 83.7 Å². The molecule has 0 saturated carbocycles. The maximum absolute atomic E-state index is 12.1. The number of nitrogens with zero attached hydrogens (tertiary/aromatic N) is 2. The summed E-state index contributed by atoms with van der Waals surface area (Å²) in [5, 5.41) is 19.9. The lowest BCUT2D eigenvalue weighted by atomic mass is 10.1. The Morgan fingerprint density at radius 2 is 2.30 bits per heavy atom. The fraction of sp³-hybridized carbons (Fsp3) is 0.462. The average molecular weight is 299 g/mol. The van der Waals surface area contributed by atoms with Crippen LogP contribution in [0.25, 0.3) is 0 Å². The van der Waals surface area contributed by atoms with Gasteiger partial charge in [0, 0.05) is 37.7 Å². The Morgan fingerprint density at radius 1 is 1.55 bits per heavy atom. The molecule has 0 bridgehead atoms. The van der Waals surface area contributed by atoms with Gasteiger partial charge in [0.1, 0.15) is 0 Å². The van der Waals surface area contributed by atoms with Gasteiger partial charge < -0.3 is 10.0 Å². The number of aliphatic hydroxyl groups excluding tert-OH is 1. The predicted octanol–water partition coefficient (Wildman–Crippen LogP) is 1.63. The monoisotopic (exact) mass is 298 g/mol. The minimum atomic E-state index is -0.524. The third-order valence-corrected chi connectivity index (χ3v) is 3.84. The van der Waals surface area contributed by atoms with Crippen molar-refractivity contribution in [2.45, 2.75) is 12.8 Å². The molecular weight excluding hydrogens is 284 g/mol. The van der Waals surface area contributed by atoms with E-state index < -0.39 is 4.92 Å². The molecular formula is C13H15ClN2O4. The predicted molar refractivity (Wildman–Crippen MR) is 73.6 cm³/mol. The van der Waals surface area contributed by atoms with Crippen molar-refractivity contribution in [3.63, 3.8) is 0 Å². The van der Waals surface area contributed by atoms with Crippen LogP contribution < -0.4 is 0 Å². The fourth-order valence-electron chi connectivity index (χ4n) is 2.28. The Labute approximate surface area is 121 Å². The van der Waals surface area contributed by atoms with E-state index in [-0.39, 0.29) is 35.6 Å². The Balaban J connectivity index is 2.03. The Morgan fingerprint density at radius 3 is 2.85 bits per heavy atom. The van der Waals surface area contributed by atoms with Crippen LogP contribution in [-0.4, -0.2) is 40.5 Å². The van der Waals surface area contributed by atoms with E-state index in [0.29, 0.717) is 18.7 Å². The zero-order valence-electron chi connectivity index (χ0n) is 10.8. The van der Waals surface area contributed by atoms with E-state index in [0.717, 1.165) is 6.42 Å². The van der Waals surface area contributed by atoms with Gasteiger partial charge in [0.05, 0.1) is 16.4 Å². The maximum atomic E-state index is 12.1. The van der Waals surface area contributed by atoms with Gasteiger partial charge in [0.2, 0.25) is 5.91 Å². The Kier molecular flexibility index (Phi) is 4.57. The average Bonchev–Trinajstić information content (AvgIpc) is 2.89. The normalized spacial score (nSPS) is 18.3. The molecule has 1 unspecified atom stereocenters. The van der Waals surface area contributed by atoms with E-state index >= 15 is 0 Å². The minimum Gasteiger partial charge on any atom is -0.396 e. The number of benzene rings is 1. The number of rotatable bonds is 4. The highest BCUT2D eigenvalue weighted by molar-refractivity contribution is 6.31. The highest BCUT2D eigenvalue weighted by atomic mass is 35.5. The molecule has 20 heavy (non-hydrogen) atoms. The molecule has 0 spiro atoms. The number of halogens is 1. The molecule has 1 aromatic carbocycles. The number of nitro groups is 1. The molecule has 1 aliphatic rings. The molecule has 1 heterocycles. The van der Waals surface area contributed by atoms with Crippen LogP contribution in [0.2, 0.25) is 5.02 Å². The van der Waals surface area contributed by atoms with Crippen LogP contribution in [-0.2, 0) is 11.2 Å². The maximum Gasteiger partial charge on any atom is 0.270 e. The number of nitro benzene ring substituents is 1. The van der Waals surface area contributed by atoms with Gasteiger partial charge in [-0.25, -0.2) is 0 Å². The van der Waals surface area contributed by atoms with Crippen molar-refractivity contribution >= 4 is 23.2 Å². The summed E-state index contributed by atoms with van der Waals surface area (Å²) in [7, 11) is 0. The summed E-state index contributed by atoms with van der Waals surface area (Å²) in [5.74, 6) is 0.0722. The van der Waals surface area contributed by atoms with Crippen LogP contribution in [0, 0.1) is 16.0 Å². The van der Waals surface area contributed by atoms with E-state index in [1.807, 2.05) is 0 Å². The lowest BCUT2D eigenvalue weighted by molar-refractivity contribution is -0.384. The van der Waals surface area contributed by atoms with Gasteiger partial charge in [-0.1, -0.05) is 17.7 Å². The smallest absolute Gasteiger partial charge is 0.270 e. The molecule has 2 rings (SSSR count).